The molecule has 4 N–H and O–H groups in total. The van der Waals surface area contributed by atoms with Gasteiger partial charge in [-0.1, -0.05) is 0 Å². The maximum absolute atomic E-state index is 13.7. The van der Waals surface area contributed by atoms with Gasteiger partial charge < -0.3 is 21.1 Å². The summed E-state index contributed by atoms with van der Waals surface area (Å²) >= 11 is 0. The van der Waals surface area contributed by atoms with Crippen molar-refractivity contribution in [2.45, 2.75) is 38.8 Å². The molecule has 1 aromatic carbocycles. The van der Waals surface area contributed by atoms with Crippen LogP contribution in [0.1, 0.15) is 26.7 Å². The Bertz CT molecular complexity index is 495. The number of amides is 1. The third kappa shape index (κ3) is 3.53. The van der Waals surface area contributed by atoms with Crippen LogP contribution in [0.2, 0.25) is 0 Å². The Morgan fingerprint density at radius 1 is 1.50 bits per heavy atom. The van der Waals surface area contributed by atoms with Crippen molar-refractivity contribution in [1.29, 1.82) is 0 Å². The number of anilines is 2. The van der Waals surface area contributed by atoms with Crippen molar-refractivity contribution < 1.29 is 13.9 Å². The average molecular weight is 281 g/mol. The lowest BCUT2D eigenvalue weighted by molar-refractivity contribution is -0.122. The van der Waals surface area contributed by atoms with Gasteiger partial charge in [0.1, 0.15) is 0 Å². The van der Waals surface area contributed by atoms with Crippen molar-refractivity contribution in [2.24, 2.45) is 0 Å². The summed E-state index contributed by atoms with van der Waals surface area (Å²) in [6.07, 6.45) is 1.09. The van der Waals surface area contributed by atoms with E-state index in [1.165, 1.54) is 6.07 Å². The zero-order valence-electron chi connectivity index (χ0n) is 11.7. The predicted molar refractivity (Wildman–Crippen MR) is 76.2 cm³/mol. The number of nitrogen functional groups attached to an aromatic ring is 1. The summed E-state index contributed by atoms with van der Waals surface area (Å²) in [5.41, 5.74) is 6.78. The third-order valence-electron chi connectivity index (χ3n) is 3.09. The molecule has 1 aliphatic heterocycles. The molecule has 1 atom stereocenters. The molecule has 1 fully saturated rings. The van der Waals surface area contributed by atoms with Crippen LogP contribution in [0.5, 0.6) is 5.75 Å². The van der Waals surface area contributed by atoms with Gasteiger partial charge in [0.15, 0.2) is 11.6 Å². The van der Waals surface area contributed by atoms with Crippen molar-refractivity contribution in [2.75, 3.05) is 17.6 Å². The summed E-state index contributed by atoms with van der Waals surface area (Å²) in [6, 6.07) is 2.91. The molecule has 20 heavy (non-hydrogen) atoms. The Balaban J connectivity index is 2.12. The summed E-state index contributed by atoms with van der Waals surface area (Å²) in [6.45, 7) is 4.20. The SMILES string of the molecule is CC(C)Oc1cc(NC2CCC(=O)NC2)c(N)cc1F. The first-order chi connectivity index (χ1) is 9.45. The van der Waals surface area contributed by atoms with Gasteiger partial charge in [0, 0.05) is 31.1 Å². The number of halogens is 1. The van der Waals surface area contributed by atoms with Crippen LogP contribution in [0.15, 0.2) is 12.1 Å². The monoisotopic (exact) mass is 281 g/mol. The summed E-state index contributed by atoms with van der Waals surface area (Å²) in [4.78, 5) is 11.1. The van der Waals surface area contributed by atoms with E-state index in [0.717, 1.165) is 6.42 Å². The number of carbonyl (C=O) groups excluding carboxylic acids is 1. The minimum atomic E-state index is -0.473. The van der Waals surface area contributed by atoms with Crippen LogP contribution in [0.3, 0.4) is 0 Å². The van der Waals surface area contributed by atoms with Gasteiger partial charge in [-0.3, -0.25) is 4.79 Å². The Morgan fingerprint density at radius 3 is 2.85 bits per heavy atom. The highest BCUT2D eigenvalue weighted by Gasteiger charge is 2.19. The second kappa shape index (κ2) is 5.98. The number of ether oxygens (including phenoxy) is 1. The van der Waals surface area contributed by atoms with E-state index in [1.54, 1.807) is 6.07 Å². The highest BCUT2D eigenvalue weighted by Crippen LogP contribution is 2.30. The lowest BCUT2D eigenvalue weighted by atomic mass is 10.1. The van der Waals surface area contributed by atoms with E-state index >= 15 is 0 Å². The van der Waals surface area contributed by atoms with Crippen molar-refractivity contribution in [3.8, 4) is 5.75 Å². The lowest BCUT2D eigenvalue weighted by Crippen LogP contribution is -2.42. The molecule has 0 radical (unpaired) electrons. The Hall–Kier alpha value is -1.98. The van der Waals surface area contributed by atoms with Crippen LogP contribution in [0.25, 0.3) is 0 Å². The fourth-order valence-electron chi connectivity index (χ4n) is 2.11. The number of rotatable bonds is 4. The Labute approximate surface area is 117 Å². The van der Waals surface area contributed by atoms with Gasteiger partial charge >= 0.3 is 0 Å². The third-order valence-corrected chi connectivity index (χ3v) is 3.09. The summed E-state index contributed by atoms with van der Waals surface area (Å²) in [7, 11) is 0. The van der Waals surface area contributed by atoms with E-state index in [1.807, 2.05) is 13.8 Å². The van der Waals surface area contributed by atoms with Gasteiger partial charge in [0.25, 0.3) is 0 Å². The van der Waals surface area contributed by atoms with Gasteiger partial charge in [0.2, 0.25) is 5.91 Å². The zero-order chi connectivity index (χ0) is 14.7. The number of nitrogens with one attached hydrogen (secondary N) is 2. The molecule has 0 bridgehead atoms. The number of piperidine rings is 1. The Morgan fingerprint density at radius 2 is 2.25 bits per heavy atom. The first kappa shape index (κ1) is 14.4. The predicted octanol–water partition coefficient (Wildman–Crippen LogP) is 1.89. The second-order valence-corrected chi connectivity index (χ2v) is 5.22. The molecule has 2 rings (SSSR count). The van der Waals surface area contributed by atoms with Gasteiger partial charge in [-0.2, -0.15) is 0 Å². The molecule has 0 aliphatic carbocycles. The lowest BCUT2D eigenvalue weighted by Gasteiger charge is -2.25. The molecule has 0 saturated carbocycles. The quantitative estimate of drug-likeness (QED) is 0.737. The van der Waals surface area contributed by atoms with Gasteiger partial charge in [0.05, 0.1) is 17.5 Å². The van der Waals surface area contributed by atoms with E-state index in [-0.39, 0.29) is 23.8 Å². The zero-order valence-corrected chi connectivity index (χ0v) is 11.7. The highest BCUT2D eigenvalue weighted by atomic mass is 19.1. The normalized spacial score (nSPS) is 18.8. The fourth-order valence-corrected chi connectivity index (χ4v) is 2.11. The molecule has 1 amide bonds. The van der Waals surface area contributed by atoms with Crippen LogP contribution in [0, 0.1) is 5.82 Å². The largest absolute Gasteiger partial charge is 0.488 e. The second-order valence-electron chi connectivity index (χ2n) is 5.22. The summed E-state index contributed by atoms with van der Waals surface area (Å²) in [5.74, 6) is -0.241. The minimum absolute atomic E-state index is 0.0546. The number of benzene rings is 1. The van der Waals surface area contributed by atoms with Gasteiger partial charge in [-0.15, -0.1) is 0 Å². The van der Waals surface area contributed by atoms with E-state index in [0.29, 0.717) is 24.3 Å². The Kier molecular flexibility index (Phi) is 4.32. The minimum Gasteiger partial charge on any atom is -0.488 e. The maximum Gasteiger partial charge on any atom is 0.220 e. The molecule has 6 heteroatoms. The number of carbonyl (C=O) groups is 1. The van der Waals surface area contributed by atoms with E-state index in [2.05, 4.69) is 10.6 Å². The van der Waals surface area contributed by atoms with Crippen molar-refractivity contribution in [3.63, 3.8) is 0 Å². The first-order valence-electron chi connectivity index (χ1n) is 6.74. The molecule has 5 nitrogen and oxygen atoms in total. The molecular weight excluding hydrogens is 261 g/mol. The van der Waals surface area contributed by atoms with Crippen LogP contribution in [0.4, 0.5) is 15.8 Å². The molecule has 1 heterocycles. The highest BCUT2D eigenvalue weighted by molar-refractivity contribution is 5.77. The topological polar surface area (TPSA) is 76.4 Å². The molecular formula is C14H20FN3O2. The smallest absolute Gasteiger partial charge is 0.220 e. The molecule has 1 aromatic rings. The van der Waals surface area contributed by atoms with Crippen LogP contribution in [-0.4, -0.2) is 24.6 Å². The van der Waals surface area contributed by atoms with Gasteiger partial charge in [-0.25, -0.2) is 4.39 Å². The van der Waals surface area contributed by atoms with Crippen molar-refractivity contribution >= 4 is 17.3 Å². The summed E-state index contributed by atoms with van der Waals surface area (Å²) < 4.78 is 19.1. The standard InChI is InChI=1S/C14H20FN3O2/c1-8(2)20-13-6-12(11(16)5-10(13)15)18-9-3-4-14(19)17-7-9/h5-6,8-9,18H,3-4,7,16H2,1-2H3,(H,17,19). The fraction of sp³-hybridized carbons (Fsp3) is 0.500. The van der Waals surface area contributed by atoms with Crippen LogP contribution in [-0.2, 0) is 4.79 Å². The van der Waals surface area contributed by atoms with Crippen molar-refractivity contribution in [1.82, 2.24) is 5.32 Å². The van der Waals surface area contributed by atoms with Crippen LogP contribution < -0.4 is 21.1 Å². The molecule has 1 aliphatic rings. The van der Waals surface area contributed by atoms with E-state index in [9.17, 15) is 9.18 Å². The number of hydrogen-bond acceptors (Lipinski definition) is 4. The number of hydrogen-bond donors (Lipinski definition) is 3. The summed E-state index contributed by atoms with van der Waals surface area (Å²) in [5, 5.41) is 6.01. The first-order valence-corrected chi connectivity index (χ1v) is 6.74. The molecule has 1 saturated heterocycles. The van der Waals surface area contributed by atoms with Crippen molar-refractivity contribution in [3.05, 3.63) is 17.9 Å². The molecule has 0 aromatic heterocycles. The van der Waals surface area contributed by atoms with Crippen LogP contribution >= 0.6 is 0 Å². The molecule has 1 unspecified atom stereocenters. The molecule has 110 valence electrons. The van der Waals surface area contributed by atoms with E-state index < -0.39 is 5.82 Å². The number of nitrogens with two attached hydrogens (primary N) is 1. The molecule has 0 spiro atoms. The van der Waals surface area contributed by atoms with E-state index in [4.69, 9.17) is 10.5 Å². The van der Waals surface area contributed by atoms with Gasteiger partial charge in [-0.05, 0) is 20.3 Å². The average Bonchev–Trinajstić information content (AvgIpc) is 2.37. The maximum atomic E-state index is 13.7.